The van der Waals surface area contributed by atoms with Crippen molar-refractivity contribution in [3.8, 4) is 0 Å². The Hall–Kier alpha value is -2.08. The van der Waals surface area contributed by atoms with Gasteiger partial charge in [-0.3, -0.25) is 0 Å². The lowest BCUT2D eigenvalue weighted by atomic mass is 9.87. The maximum atomic E-state index is 2.22. The van der Waals surface area contributed by atoms with Gasteiger partial charge in [0.15, 0.2) is 0 Å². The van der Waals surface area contributed by atoms with E-state index in [0.29, 0.717) is 10.8 Å². The van der Waals surface area contributed by atoms with Gasteiger partial charge in [-0.25, -0.2) is 0 Å². The number of benzene rings is 3. The predicted octanol–water partition coefficient (Wildman–Crippen LogP) is 12.0. The van der Waals surface area contributed by atoms with Crippen LogP contribution in [0.1, 0.15) is 109 Å². The van der Waals surface area contributed by atoms with E-state index in [1.165, 1.54) is 16.3 Å². The molecule has 0 unspecified atom stereocenters. The van der Waals surface area contributed by atoms with E-state index < -0.39 is 0 Å². The van der Waals surface area contributed by atoms with E-state index in [-0.39, 0.29) is 0 Å². The molecule has 33 heavy (non-hydrogen) atoms. The van der Waals surface area contributed by atoms with Crippen molar-refractivity contribution in [2.45, 2.75) is 109 Å². The standard InChI is InChI=1S/C10H8.C10H14.C5H12.4C2H6/c1-2-6-10-8-4-3-7-9(10)5-1;1-10(2,3)9-7-5-4-6-8-9;1-5(2,3)4;4*1-2/h1-8H;4-8H,1-3H3;1-4H3;4*1-2H3. The Morgan fingerprint density at radius 1 is 0.364 bits per heavy atom. The summed E-state index contributed by atoms with van der Waals surface area (Å²) in [7, 11) is 0. The number of fused-ring (bicyclic) bond motifs is 1. The largest absolute Gasteiger partial charge is 0.0683 e. The molecular formula is C33H58. The van der Waals surface area contributed by atoms with E-state index >= 15 is 0 Å². The molecule has 0 aromatic heterocycles. The molecule has 0 aliphatic carbocycles. The summed E-state index contributed by atoms with van der Waals surface area (Å²) < 4.78 is 0. The maximum Gasteiger partial charge on any atom is -0.0132 e. The zero-order valence-corrected chi connectivity index (χ0v) is 25.0. The SMILES string of the molecule is CC.CC.CC.CC.CC(C)(C)C.CC(C)(C)c1ccccc1.c1ccc2ccccc2c1. The first kappa shape index (κ1) is 38.2. The first-order valence-corrected chi connectivity index (χ1v) is 13.1. The Bertz CT molecular complexity index is 654. The molecule has 0 aliphatic rings. The third-order valence-electron chi connectivity index (χ3n) is 3.30. The molecule has 0 saturated carbocycles. The van der Waals surface area contributed by atoms with Crippen molar-refractivity contribution in [3.63, 3.8) is 0 Å². The van der Waals surface area contributed by atoms with Gasteiger partial charge in [0.05, 0.1) is 0 Å². The lowest BCUT2D eigenvalue weighted by molar-refractivity contribution is 0.469. The number of hydrogen-bond acceptors (Lipinski definition) is 0. The minimum Gasteiger partial charge on any atom is -0.0683 e. The third-order valence-corrected chi connectivity index (χ3v) is 3.30. The molecule has 0 bridgehead atoms. The van der Waals surface area contributed by atoms with E-state index in [0.717, 1.165) is 0 Å². The predicted molar refractivity (Wildman–Crippen MR) is 160 cm³/mol. The molecule has 0 fully saturated rings. The highest BCUT2D eigenvalue weighted by Gasteiger charge is 2.11. The molecule has 0 atom stereocenters. The van der Waals surface area contributed by atoms with Crippen molar-refractivity contribution in [2.75, 3.05) is 0 Å². The lowest BCUT2D eigenvalue weighted by Gasteiger charge is -2.18. The van der Waals surface area contributed by atoms with E-state index in [9.17, 15) is 0 Å². The van der Waals surface area contributed by atoms with Crippen molar-refractivity contribution in [2.24, 2.45) is 5.41 Å². The molecular weight excluding hydrogens is 396 g/mol. The Kier molecular flexibility index (Phi) is 28.4. The van der Waals surface area contributed by atoms with Crippen LogP contribution in [-0.4, -0.2) is 0 Å². The quantitative estimate of drug-likeness (QED) is 0.317. The van der Waals surface area contributed by atoms with Crippen molar-refractivity contribution in [1.29, 1.82) is 0 Å². The first-order valence-electron chi connectivity index (χ1n) is 13.1. The molecule has 0 N–H and O–H groups in total. The van der Waals surface area contributed by atoms with Gasteiger partial charge in [0, 0.05) is 0 Å². The first-order chi connectivity index (χ1) is 15.6. The normalized spacial score (nSPS) is 9.06. The van der Waals surface area contributed by atoms with Gasteiger partial charge in [0.25, 0.3) is 0 Å². The molecule has 0 nitrogen and oxygen atoms in total. The fraction of sp³-hybridized carbons (Fsp3) is 0.515. The lowest BCUT2D eigenvalue weighted by Crippen LogP contribution is -2.10. The average molecular weight is 455 g/mol. The van der Waals surface area contributed by atoms with Gasteiger partial charge in [0.2, 0.25) is 0 Å². The topological polar surface area (TPSA) is 0 Å². The molecule has 0 amide bonds. The van der Waals surface area contributed by atoms with Crippen molar-refractivity contribution < 1.29 is 0 Å². The minimum atomic E-state index is 0.293. The molecule has 190 valence electrons. The second kappa shape index (κ2) is 24.6. The second-order valence-corrected chi connectivity index (χ2v) is 8.96. The van der Waals surface area contributed by atoms with Crippen LogP contribution in [-0.2, 0) is 5.41 Å². The third kappa shape index (κ3) is 26.1. The highest BCUT2D eigenvalue weighted by atomic mass is 14.2. The summed E-state index contributed by atoms with van der Waals surface area (Å²) in [6, 6.07) is 27.3. The summed E-state index contributed by atoms with van der Waals surface area (Å²) in [5, 5.41) is 2.62. The summed E-state index contributed by atoms with van der Waals surface area (Å²) in [6.45, 7) is 31.4. The molecule has 3 aromatic rings. The van der Waals surface area contributed by atoms with Crippen LogP contribution in [0, 0.1) is 5.41 Å². The Labute approximate surface area is 209 Å². The van der Waals surface area contributed by atoms with Crippen molar-refractivity contribution in [3.05, 3.63) is 84.4 Å². The molecule has 3 rings (SSSR count). The van der Waals surface area contributed by atoms with Gasteiger partial charge in [-0.2, -0.15) is 0 Å². The van der Waals surface area contributed by atoms with Crippen LogP contribution in [0.4, 0.5) is 0 Å². The van der Waals surface area contributed by atoms with E-state index in [1.807, 2.05) is 55.4 Å². The summed E-state index contributed by atoms with van der Waals surface area (Å²) in [4.78, 5) is 0. The molecule has 0 saturated heterocycles. The molecule has 0 heterocycles. The van der Waals surface area contributed by atoms with Gasteiger partial charge in [-0.15, -0.1) is 0 Å². The molecule has 0 spiro atoms. The summed E-state index contributed by atoms with van der Waals surface area (Å²) in [6.07, 6.45) is 0. The zero-order valence-electron chi connectivity index (χ0n) is 25.0. The van der Waals surface area contributed by atoms with Crippen molar-refractivity contribution in [1.82, 2.24) is 0 Å². The molecule has 0 heteroatoms. The summed E-state index contributed by atoms with van der Waals surface area (Å²) in [5.41, 5.74) is 2.19. The summed E-state index contributed by atoms with van der Waals surface area (Å²) in [5.74, 6) is 0. The van der Waals surface area contributed by atoms with Crippen molar-refractivity contribution >= 4 is 10.8 Å². The fourth-order valence-corrected chi connectivity index (χ4v) is 2.07. The van der Waals surface area contributed by atoms with Gasteiger partial charge in [-0.05, 0) is 27.2 Å². The van der Waals surface area contributed by atoms with Crippen LogP contribution in [0.5, 0.6) is 0 Å². The Morgan fingerprint density at radius 3 is 0.758 bits per heavy atom. The highest BCUT2D eigenvalue weighted by Crippen LogP contribution is 2.20. The van der Waals surface area contributed by atoms with Gasteiger partial charge in [0.1, 0.15) is 0 Å². The van der Waals surface area contributed by atoms with Crippen LogP contribution in [0.25, 0.3) is 10.8 Å². The number of rotatable bonds is 0. The highest BCUT2D eigenvalue weighted by molar-refractivity contribution is 5.81. The van der Waals surface area contributed by atoms with E-state index in [2.05, 4.69) is 127 Å². The van der Waals surface area contributed by atoms with E-state index in [4.69, 9.17) is 0 Å². The van der Waals surface area contributed by atoms with Gasteiger partial charge < -0.3 is 0 Å². The fourth-order valence-electron chi connectivity index (χ4n) is 2.07. The van der Waals surface area contributed by atoms with Crippen LogP contribution in [0.15, 0.2) is 78.9 Å². The minimum absolute atomic E-state index is 0.293. The molecule has 0 aliphatic heterocycles. The maximum absolute atomic E-state index is 2.22. The molecule has 3 aromatic carbocycles. The zero-order chi connectivity index (χ0) is 26.9. The Balaban J connectivity index is -0.000000172. The number of hydrogen-bond donors (Lipinski definition) is 0. The smallest absolute Gasteiger partial charge is 0.0132 e. The monoisotopic (exact) mass is 454 g/mol. The van der Waals surface area contributed by atoms with Crippen LogP contribution < -0.4 is 0 Å². The molecule has 0 radical (unpaired) electrons. The van der Waals surface area contributed by atoms with Gasteiger partial charge in [-0.1, -0.05) is 183 Å². The van der Waals surface area contributed by atoms with Crippen LogP contribution in [0.3, 0.4) is 0 Å². The van der Waals surface area contributed by atoms with Crippen LogP contribution >= 0.6 is 0 Å². The summed E-state index contributed by atoms with van der Waals surface area (Å²) >= 11 is 0. The second-order valence-electron chi connectivity index (χ2n) is 8.96. The average Bonchev–Trinajstić information content (AvgIpc) is 2.84. The Morgan fingerprint density at radius 2 is 0.576 bits per heavy atom. The van der Waals surface area contributed by atoms with Crippen LogP contribution in [0.2, 0.25) is 0 Å². The van der Waals surface area contributed by atoms with Gasteiger partial charge >= 0.3 is 0 Å². The van der Waals surface area contributed by atoms with E-state index in [1.54, 1.807) is 0 Å².